The minimum absolute atomic E-state index is 0.107. The fourth-order valence-electron chi connectivity index (χ4n) is 7.20. The van der Waals surface area contributed by atoms with E-state index in [1.807, 2.05) is 72.3 Å². The van der Waals surface area contributed by atoms with Gasteiger partial charge in [0.15, 0.2) is 22.7 Å². The number of nitrogens with zero attached hydrogens (tertiary/aromatic N) is 6. The number of aromatic nitrogens is 5. The number of para-hydroxylation sites is 1. The van der Waals surface area contributed by atoms with Crippen LogP contribution in [0.25, 0.3) is 27.6 Å². The SMILES string of the molecule is COc1cc(NC(=O)c2cc(=O)c3ccccc3o2)c(C(=O)Nc2ccc(CCN(Cc3cncc(-n4ccnc4C)c3)Cc3ccc4c(cnn4C)c3)cc2)cc1OC. The van der Waals surface area contributed by atoms with Gasteiger partial charge in [-0.2, -0.15) is 5.10 Å². The van der Waals surface area contributed by atoms with Crippen LogP contribution in [-0.2, 0) is 26.6 Å². The van der Waals surface area contributed by atoms with Gasteiger partial charge < -0.3 is 29.1 Å². The molecule has 0 aliphatic carbocycles. The zero-order chi connectivity index (χ0) is 41.8. The van der Waals surface area contributed by atoms with Crippen LogP contribution >= 0.6 is 0 Å². The van der Waals surface area contributed by atoms with Gasteiger partial charge in [-0.3, -0.25) is 28.9 Å². The van der Waals surface area contributed by atoms with E-state index in [9.17, 15) is 14.4 Å². The van der Waals surface area contributed by atoms with Crippen molar-refractivity contribution in [2.75, 3.05) is 31.4 Å². The maximum Gasteiger partial charge on any atom is 0.291 e. The van der Waals surface area contributed by atoms with Gasteiger partial charge in [0, 0.05) is 68.5 Å². The number of hydrogen-bond donors (Lipinski definition) is 2. The molecule has 4 aromatic carbocycles. The standard InChI is InChI=1S/C46H42N8O6/c1-29-48-16-18-54(29)35-20-32(24-47-26-35)28-53(27-31-11-14-39-33(19-31)25-49-52(39)2)17-15-30-9-12-34(13-10-30)50-45(56)37-21-42(58-3)43(59-4)22-38(37)51-46(57)44-23-40(55)36-7-5-6-8-41(36)60-44/h5-14,16,18-26H,15,17,27-28H2,1-4H3,(H,50,56)(H,51,57). The van der Waals surface area contributed by atoms with Crippen LogP contribution < -0.4 is 25.5 Å². The number of aryl methyl sites for hydroxylation is 2. The van der Waals surface area contributed by atoms with Crippen molar-refractivity contribution in [3.8, 4) is 17.2 Å². The topological polar surface area (TPSA) is 159 Å². The molecule has 2 N–H and O–H groups in total. The zero-order valence-electron chi connectivity index (χ0n) is 33.5. The van der Waals surface area contributed by atoms with Gasteiger partial charge in [-0.15, -0.1) is 0 Å². The Balaban J connectivity index is 0.986. The molecule has 0 aliphatic heterocycles. The number of rotatable bonds is 14. The average molecular weight is 803 g/mol. The minimum Gasteiger partial charge on any atom is -0.493 e. The molecule has 14 nitrogen and oxygen atoms in total. The Bertz CT molecular complexity index is 2920. The molecule has 302 valence electrons. The van der Waals surface area contributed by atoms with Gasteiger partial charge >= 0.3 is 0 Å². The Morgan fingerprint density at radius 1 is 0.817 bits per heavy atom. The van der Waals surface area contributed by atoms with Gasteiger partial charge in [0.25, 0.3) is 11.8 Å². The Kier molecular flexibility index (Phi) is 11.2. The number of methoxy groups -OCH3 is 2. The van der Waals surface area contributed by atoms with Crippen LogP contribution in [0.5, 0.6) is 11.5 Å². The molecule has 0 bridgehead atoms. The number of amides is 2. The summed E-state index contributed by atoms with van der Waals surface area (Å²) in [6, 6.07) is 27.0. The summed E-state index contributed by atoms with van der Waals surface area (Å²) < 4.78 is 20.6. The van der Waals surface area contributed by atoms with Crippen molar-refractivity contribution in [2.45, 2.75) is 26.4 Å². The van der Waals surface area contributed by atoms with Gasteiger partial charge in [-0.05, 0) is 78.6 Å². The second kappa shape index (κ2) is 17.1. The van der Waals surface area contributed by atoms with Gasteiger partial charge in [-0.1, -0.05) is 30.3 Å². The third-order valence-electron chi connectivity index (χ3n) is 10.3. The van der Waals surface area contributed by atoms with Gasteiger partial charge in [0.1, 0.15) is 11.4 Å². The Morgan fingerprint density at radius 2 is 1.58 bits per heavy atom. The van der Waals surface area contributed by atoms with Crippen LogP contribution in [0.4, 0.5) is 11.4 Å². The summed E-state index contributed by atoms with van der Waals surface area (Å²) in [5.41, 5.74) is 6.06. The molecule has 0 unspecified atom stereocenters. The highest BCUT2D eigenvalue weighted by atomic mass is 16.5. The average Bonchev–Trinajstić information content (AvgIpc) is 3.87. The number of carbonyl (C=O) groups is 2. The van der Waals surface area contributed by atoms with E-state index >= 15 is 0 Å². The highest BCUT2D eigenvalue weighted by Gasteiger charge is 2.21. The zero-order valence-corrected chi connectivity index (χ0v) is 33.5. The van der Waals surface area contributed by atoms with E-state index in [1.165, 1.54) is 31.9 Å². The van der Waals surface area contributed by atoms with Gasteiger partial charge in [0.2, 0.25) is 0 Å². The predicted molar refractivity (Wildman–Crippen MR) is 229 cm³/mol. The Morgan fingerprint density at radius 3 is 2.37 bits per heavy atom. The maximum absolute atomic E-state index is 13.8. The molecule has 0 radical (unpaired) electrons. The molecule has 0 spiro atoms. The van der Waals surface area contributed by atoms with Crippen molar-refractivity contribution in [1.29, 1.82) is 0 Å². The van der Waals surface area contributed by atoms with E-state index in [2.05, 4.69) is 54.9 Å². The molecule has 0 saturated heterocycles. The number of ether oxygens (including phenoxy) is 2. The first-order valence-electron chi connectivity index (χ1n) is 19.2. The smallest absolute Gasteiger partial charge is 0.291 e. The maximum atomic E-state index is 13.8. The summed E-state index contributed by atoms with van der Waals surface area (Å²) in [5.74, 6) is 0.0394. The summed E-state index contributed by atoms with van der Waals surface area (Å²) in [7, 11) is 4.85. The lowest BCUT2D eigenvalue weighted by Crippen LogP contribution is -2.25. The minimum atomic E-state index is -0.715. The summed E-state index contributed by atoms with van der Waals surface area (Å²) >= 11 is 0. The number of fused-ring (bicyclic) bond motifs is 2. The first kappa shape index (κ1) is 39.3. The molecule has 0 aliphatic rings. The summed E-state index contributed by atoms with van der Waals surface area (Å²) in [6.07, 6.45) is 10.1. The number of carbonyl (C=O) groups excluding carboxylic acids is 2. The lowest BCUT2D eigenvalue weighted by Gasteiger charge is -2.23. The summed E-state index contributed by atoms with van der Waals surface area (Å²) in [4.78, 5) is 51.3. The number of imidazole rings is 1. The van der Waals surface area contributed by atoms with E-state index < -0.39 is 11.8 Å². The molecule has 8 aromatic rings. The molecule has 0 atom stereocenters. The van der Waals surface area contributed by atoms with Crippen LogP contribution in [0.1, 0.15) is 43.4 Å². The largest absolute Gasteiger partial charge is 0.493 e. The summed E-state index contributed by atoms with van der Waals surface area (Å²) in [6.45, 7) is 4.10. The van der Waals surface area contributed by atoms with Crippen LogP contribution in [0, 0.1) is 6.92 Å². The van der Waals surface area contributed by atoms with Crippen molar-refractivity contribution >= 4 is 45.1 Å². The lowest BCUT2D eigenvalue weighted by molar-refractivity contribution is 0.0997. The number of benzene rings is 4. The molecule has 14 heteroatoms. The number of hydrogen-bond acceptors (Lipinski definition) is 10. The second-order valence-electron chi connectivity index (χ2n) is 14.3. The molecule has 8 rings (SSSR count). The van der Waals surface area contributed by atoms with Gasteiger partial charge in [-0.25, -0.2) is 4.98 Å². The van der Waals surface area contributed by atoms with Gasteiger partial charge in [0.05, 0.1) is 54.5 Å². The number of pyridine rings is 1. The second-order valence-corrected chi connectivity index (χ2v) is 14.3. The fraction of sp³-hybridized carbons (Fsp3) is 0.174. The van der Waals surface area contributed by atoms with E-state index in [0.29, 0.717) is 24.2 Å². The molecule has 4 heterocycles. The number of anilines is 2. The summed E-state index contributed by atoms with van der Waals surface area (Å²) in [5, 5.41) is 11.5. The fourth-order valence-corrected chi connectivity index (χ4v) is 7.20. The van der Waals surface area contributed by atoms with Crippen LogP contribution in [-0.4, -0.2) is 61.8 Å². The van der Waals surface area contributed by atoms with Crippen molar-refractivity contribution in [3.63, 3.8) is 0 Å². The van der Waals surface area contributed by atoms with E-state index in [0.717, 1.165) is 52.6 Å². The van der Waals surface area contributed by atoms with Crippen LogP contribution in [0.3, 0.4) is 0 Å². The Labute approximate surface area is 345 Å². The third kappa shape index (κ3) is 8.49. The van der Waals surface area contributed by atoms with E-state index in [1.54, 1.807) is 30.5 Å². The molecule has 4 aromatic heterocycles. The van der Waals surface area contributed by atoms with Crippen LogP contribution in [0.15, 0.2) is 131 Å². The highest BCUT2D eigenvalue weighted by molar-refractivity contribution is 6.12. The predicted octanol–water partition coefficient (Wildman–Crippen LogP) is 7.34. The van der Waals surface area contributed by atoms with E-state index in [4.69, 9.17) is 13.9 Å². The number of nitrogens with one attached hydrogen (secondary N) is 2. The first-order chi connectivity index (χ1) is 29.1. The van der Waals surface area contributed by atoms with Crippen molar-refractivity contribution in [2.24, 2.45) is 7.05 Å². The molecule has 2 amide bonds. The van der Waals surface area contributed by atoms with Crippen molar-refractivity contribution in [1.82, 2.24) is 29.2 Å². The molecule has 0 saturated carbocycles. The molecule has 0 fully saturated rings. The van der Waals surface area contributed by atoms with Crippen LogP contribution in [0.2, 0.25) is 0 Å². The molecule has 60 heavy (non-hydrogen) atoms. The quantitative estimate of drug-likeness (QED) is 0.114. The van der Waals surface area contributed by atoms with Crippen molar-refractivity contribution < 1.29 is 23.5 Å². The van der Waals surface area contributed by atoms with E-state index in [-0.39, 0.29) is 39.5 Å². The highest BCUT2D eigenvalue weighted by Crippen LogP contribution is 2.34. The third-order valence-corrected chi connectivity index (χ3v) is 10.3. The first-order valence-corrected chi connectivity index (χ1v) is 19.2. The van der Waals surface area contributed by atoms with Crippen molar-refractivity contribution in [3.05, 3.63) is 166 Å². The molecular weight excluding hydrogens is 761 g/mol. The lowest BCUT2D eigenvalue weighted by atomic mass is 10.1. The Hall–Kier alpha value is -7.58. The normalized spacial score (nSPS) is 11.3. The molecular formula is C46H42N8O6. The monoisotopic (exact) mass is 802 g/mol.